The van der Waals surface area contributed by atoms with Gasteiger partial charge in [-0.05, 0) is 79.9 Å². The van der Waals surface area contributed by atoms with E-state index in [1.807, 2.05) is 29.0 Å². The van der Waals surface area contributed by atoms with E-state index in [-0.39, 0.29) is 62.5 Å². The van der Waals surface area contributed by atoms with Crippen molar-refractivity contribution in [2.75, 3.05) is 46.4 Å². The zero-order chi connectivity index (χ0) is 49.5. The van der Waals surface area contributed by atoms with Crippen LogP contribution in [0.25, 0.3) is 22.4 Å². The lowest BCUT2D eigenvalue weighted by Crippen LogP contribution is -2.56. The maximum atomic E-state index is 14.7. The van der Waals surface area contributed by atoms with Crippen LogP contribution in [0.4, 0.5) is 0 Å². The number of nitrogens with zero attached hydrogens (tertiary/aromatic N) is 3. The number of aromatic nitrogens is 1. The summed E-state index contributed by atoms with van der Waals surface area (Å²) >= 11 is 0. The molecule has 0 aliphatic carbocycles. The van der Waals surface area contributed by atoms with Gasteiger partial charge in [0.2, 0.25) is 23.6 Å². The van der Waals surface area contributed by atoms with E-state index in [0.717, 1.165) is 11.3 Å². The first kappa shape index (κ1) is 52.8. The second kappa shape index (κ2) is 24.7. The van der Waals surface area contributed by atoms with Crippen LogP contribution in [-0.2, 0) is 31.4 Å². The van der Waals surface area contributed by atoms with Crippen molar-refractivity contribution < 1.29 is 33.4 Å². The van der Waals surface area contributed by atoms with Crippen molar-refractivity contribution in [3.05, 3.63) is 101 Å². The van der Waals surface area contributed by atoms with Crippen molar-refractivity contribution in [1.82, 2.24) is 31.2 Å². The van der Waals surface area contributed by atoms with E-state index in [0.29, 0.717) is 45.1 Å². The summed E-state index contributed by atoms with van der Waals surface area (Å²) in [4.78, 5) is 76.3. The zero-order valence-corrected chi connectivity index (χ0v) is 41.0. The van der Waals surface area contributed by atoms with Crippen LogP contribution in [0.3, 0.4) is 0 Å². The molecule has 1 aliphatic heterocycles. The Labute approximate surface area is 405 Å². The molecule has 0 spiro atoms. The summed E-state index contributed by atoms with van der Waals surface area (Å²) in [6.45, 7) is 10.1. The first-order chi connectivity index (χ1) is 32.5. The van der Waals surface area contributed by atoms with Gasteiger partial charge in [0.25, 0.3) is 5.91 Å². The average molecular weight is 967 g/mol. The topological polar surface area (TPSA) is 270 Å². The minimum atomic E-state index is -1.39. The van der Waals surface area contributed by atoms with Crippen molar-refractivity contribution in [2.45, 2.75) is 82.1 Å². The Bertz CT molecular complexity index is 2480. The second-order valence-corrected chi connectivity index (χ2v) is 20.3. The highest BCUT2D eigenvalue weighted by Gasteiger charge is 2.36. The van der Waals surface area contributed by atoms with Crippen LogP contribution in [0, 0.1) is 18.3 Å². The number of nitrogens with one attached hydrogen (secondary N) is 4. The summed E-state index contributed by atoms with van der Waals surface area (Å²) < 4.78 is 12.4. The van der Waals surface area contributed by atoms with Crippen LogP contribution < -0.4 is 47.9 Å². The van der Waals surface area contributed by atoms with Gasteiger partial charge < -0.3 is 52.8 Å². The molecule has 362 valence electrons. The predicted molar refractivity (Wildman–Crippen MR) is 266 cm³/mol. The molecule has 1 aliphatic rings. The highest BCUT2D eigenvalue weighted by molar-refractivity contribution is 8.76. The molecule has 4 aromatic rings. The second-order valence-electron chi connectivity index (χ2n) is 17.2. The minimum Gasteiger partial charge on any atom is -0.492 e. The lowest BCUT2D eigenvalue weighted by molar-refractivity contribution is -0.141. The third-order valence-electron chi connectivity index (χ3n) is 10.7. The van der Waals surface area contributed by atoms with E-state index < -0.39 is 53.7 Å². The van der Waals surface area contributed by atoms with E-state index in [9.17, 15) is 29.2 Å². The molecule has 4 atom stereocenters. The van der Waals surface area contributed by atoms with Crippen LogP contribution in [0.15, 0.2) is 72.8 Å². The third kappa shape index (κ3) is 14.2. The van der Waals surface area contributed by atoms with Crippen LogP contribution in [0.2, 0.25) is 0 Å². The molecule has 1 aromatic heterocycles. The molecule has 19 heteroatoms. The first-order valence-electron chi connectivity index (χ1n) is 22.3. The smallest absolute Gasteiger partial charge is 0.253 e. The normalized spacial score (nSPS) is 16.5. The third-order valence-corrected chi connectivity index (χ3v) is 14.0. The highest BCUT2D eigenvalue weighted by atomic mass is 33.1. The van der Waals surface area contributed by atoms with Gasteiger partial charge in [0, 0.05) is 53.7 Å². The monoisotopic (exact) mass is 966 g/mol. The van der Waals surface area contributed by atoms with Crippen LogP contribution in [-0.4, -0.2) is 109 Å². The molecule has 68 heavy (non-hydrogen) atoms. The molecule has 0 radical (unpaired) electrons. The number of carbonyl (C=O) groups is 5. The van der Waals surface area contributed by atoms with Gasteiger partial charge in [0.15, 0.2) is 0 Å². The zero-order valence-electron chi connectivity index (χ0n) is 39.3. The minimum absolute atomic E-state index is 0.00506. The molecule has 4 bridgehead atoms. The molecule has 10 N–H and O–H groups in total. The number of hydrogen-bond donors (Lipinski definition) is 7. The van der Waals surface area contributed by atoms with Crippen LogP contribution in [0.5, 0.6) is 11.5 Å². The number of nitriles is 1. The van der Waals surface area contributed by atoms with Crippen molar-refractivity contribution in [3.8, 4) is 40.0 Å². The highest BCUT2D eigenvalue weighted by Crippen LogP contribution is 2.41. The predicted octanol–water partition coefficient (Wildman–Crippen LogP) is 3.91. The summed E-state index contributed by atoms with van der Waals surface area (Å²) in [5.41, 5.74) is 23.1. The number of benzene rings is 3. The molecule has 3 aromatic carbocycles. The number of hydrogen-bond acceptors (Lipinski definition) is 14. The number of amides is 5. The molecule has 17 nitrogen and oxygen atoms in total. The fourth-order valence-corrected chi connectivity index (χ4v) is 9.76. The van der Waals surface area contributed by atoms with Gasteiger partial charge in [0.1, 0.15) is 55.4 Å². The number of fused-ring (bicyclic) bond motifs is 5. The molecule has 0 saturated carbocycles. The summed E-state index contributed by atoms with van der Waals surface area (Å²) in [6, 6.07) is 18.7. The summed E-state index contributed by atoms with van der Waals surface area (Å²) in [5.74, 6) is -1.62. The Kier molecular flexibility index (Phi) is 19.2. The largest absolute Gasteiger partial charge is 0.492 e. The van der Waals surface area contributed by atoms with Crippen LogP contribution >= 0.6 is 21.6 Å². The Morgan fingerprint density at radius 3 is 2.19 bits per heavy atom. The maximum Gasteiger partial charge on any atom is 0.253 e. The lowest BCUT2D eigenvalue weighted by Gasteiger charge is -2.32. The maximum absolute atomic E-state index is 14.7. The standard InChI is InChI=1S/C49H62N10O7S2/c1-29-35(13-14-38(55-29)33-10-7-31(8-11-33)28-67-68-49(3,4)5)45(61)57-39(17-18-50)48(64)59(6)43-34-12-16-42(66-24-21-53)37(27-34)36-25-32(9-15-41(36)65-23-20-52)26-40(46(62)54-22-19-51)58-44(60)30(2)56-47(43)63/h7-16,25,27,30,39-40,43H,17-18,20-24,26,28,50,52-53H2,1-6H3,(H,54,62)(H,56,63)(H,57,61)(H,58,60)/t30-,39-,40-,43-/m0/s1. The fraction of sp³-hybridized carbons (Fsp3) is 0.408. The van der Waals surface area contributed by atoms with E-state index in [1.54, 1.807) is 66.2 Å². The molecule has 5 rings (SSSR count). The van der Waals surface area contributed by atoms with Gasteiger partial charge in [-0.25, -0.2) is 0 Å². The van der Waals surface area contributed by atoms with Gasteiger partial charge >= 0.3 is 0 Å². The number of rotatable bonds is 18. The quantitative estimate of drug-likeness (QED) is 0.0551. The van der Waals surface area contributed by atoms with Crippen molar-refractivity contribution >= 4 is 51.1 Å². The van der Waals surface area contributed by atoms with Gasteiger partial charge in [-0.15, -0.1) is 0 Å². The number of likely N-dealkylation sites (N-methyl/N-ethyl adjacent to an activating group) is 1. The van der Waals surface area contributed by atoms with E-state index >= 15 is 0 Å². The summed E-state index contributed by atoms with van der Waals surface area (Å²) in [7, 11) is 5.06. The van der Waals surface area contributed by atoms with Crippen molar-refractivity contribution in [1.29, 1.82) is 5.26 Å². The van der Waals surface area contributed by atoms with Gasteiger partial charge in [-0.1, -0.05) is 78.8 Å². The molecule has 5 amide bonds. The SMILES string of the molecule is Cc1nc(-c2ccc(CSSC(C)(C)C)cc2)ccc1C(=O)N[C@@H](CCN)C(=O)N(C)[C@@H]1C(=O)N[C@@H](C)C(=O)N[C@H](C(=O)NCC#N)Cc2ccc(OCCN)c(c2)-c2cc1ccc2OCCN. The average Bonchev–Trinajstić information content (AvgIpc) is 3.31. The van der Waals surface area contributed by atoms with E-state index in [1.165, 1.54) is 24.4 Å². The van der Waals surface area contributed by atoms with Crippen LogP contribution in [0.1, 0.15) is 72.9 Å². The first-order valence-corrected chi connectivity index (χ1v) is 24.6. The number of ether oxygens (including phenoxy) is 2. The Balaban J connectivity index is 1.50. The van der Waals surface area contributed by atoms with Gasteiger partial charge in [0.05, 0.1) is 23.0 Å². The lowest BCUT2D eigenvalue weighted by atomic mass is 9.93. The number of aryl methyl sites for hydroxylation is 1. The number of carbonyl (C=O) groups excluding carboxylic acids is 5. The summed E-state index contributed by atoms with van der Waals surface area (Å²) in [5, 5.41) is 20.0. The molecule has 0 fully saturated rings. The summed E-state index contributed by atoms with van der Waals surface area (Å²) in [6.07, 6.45) is 0.0254. The number of pyridine rings is 1. The molecule has 2 heterocycles. The fourth-order valence-electron chi connectivity index (χ4n) is 7.37. The Morgan fingerprint density at radius 2 is 1.57 bits per heavy atom. The number of nitrogens with two attached hydrogens (primary N) is 3. The molecular weight excluding hydrogens is 905 g/mol. The van der Waals surface area contributed by atoms with E-state index in [2.05, 4.69) is 54.2 Å². The van der Waals surface area contributed by atoms with Crippen molar-refractivity contribution in [2.24, 2.45) is 17.2 Å². The molecule has 0 saturated heterocycles. The van der Waals surface area contributed by atoms with Crippen molar-refractivity contribution in [3.63, 3.8) is 0 Å². The molecular formula is C49H62N10O7S2. The van der Waals surface area contributed by atoms with Gasteiger partial charge in [-0.2, -0.15) is 5.26 Å². The van der Waals surface area contributed by atoms with E-state index in [4.69, 9.17) is 31.7 Å². The Hall–Kier alpha value is -6.17. The molecule has 0 unspecified atom stereocenters. The van der Waals surface area contributed by atoms with Gasteiger partial charge in [-0.3, -0.25) is 29.0 Å². The Morgan fingerprint density at radius 1 is 0.912 bits per heavy atom.